The standard InChI is InChI=1S/C20H28N4O4/c1-12(2)8-14(11-23-20(27)28)18(25)24-17(19(26)21-3)9-13-10-22-16-7-5-4-6-15(13)16/h4-7,10,12,14,17,22-23H,8-9,11H2,1-3H3,(H,21,26)(H,24,25)(H,27,28)/t14?,17-/m1/s1. The van der Waals surface area contributed by atoms with Gasteiger partial charge in [-0.15, -0.1) is 0 Å². The van der Waals surface area contributed by atoms with Gasteiger partial charge in [-0.25, -0.2) is 4.79 Å². The van der Waals surface area contributed by atoms with E-state index in [0.29, 0.717) is 12.8 Å². The fraction of sp³-hybridized carbons (Fsp3) is 0.450. The summed E-state index contributed by atoms with van der Waals surface area (Å²) >= 11 is 0. The van der Waals surface area contributed by atoms with Crippen LogP contribution in [0.2, 0.25) is 0 Å². The molecule has 3 amide bonds. The van der Waals surface area contributed by atoms with Gasteiger partial charge in [-0.3, -0.25) is 9.59 Å². The number of hydrogen-bond donors (Lipinski definition) is 5. The number of rotatable bonds is 9. The summed E-state index contributed by atoms with van der Waals surface area (Å²) in [4.78, 5) is 39.1. The van der Waals surface area contributed by atoms with Gasteiger partial charge in [-0.1, -0.05) is 32.0 Å². The van der Waals surface area contributed by atoms with Gasteiger partial charge in [0.25, 0.3) is 0 Å². The average molecular weight is 388 g/mol. The van der Waals surface area contributed by atoms with Crippen molar-refractivity contribution in [3.8, 4) is 0 Å². The lowest BCUT2D eigenvalue weighted by molar-refractivity contribution is -0.131. The first kappa shape index (κ1) is 21.3. The van der Waals surface area contributed by atoms with Crippen molar-refractivity contribution >= 4 is 28.8 Å². The topological polar surface area (TPSA) is 123 Å². The van der Waals surface area contributed by atoms with E-state index in [1.807, 2.05) is 44.3 Å². The number of aromatic nitrogens is 1. The molecule has 0 spiro atoms. The fourth-order valence-corrected chi connectivity index (χ4v) is 3.26. The Morgan fingerprint density at radius 2 is 1.86 bits per heavy atom. The first-order chi connectivity index (χ1) is 13.3. The molecule has 1 aromatic carbocycles. The number of H-pyrrole nitrogens is 1. The second-order valence-corrected chi connectivity index (χ2v) is 7.25. The smallest absolute Gasteiger partial charge is 0.404 e. The molecule has 5 N–H and O–H groups in total. The summed E-state index contributed by atoms with van der Waals surface area (Å²) in [6, 6.07) is 7.00. The maximum atomic E-state index is 12.8. The Morgan fingerprint density at radius 3 is 2.50 bits per heavy atom. The quantitative estimate of drug-likeness (QED) is 0.450. The summed E-state index contributed by atoms with van der Waals surface area (Å²) in [5.74, 6) is -0.978. The maximum absolute atomic E-state index is 12.8. The Balaban J connectivity index is 2.16. The number of para-hydroxylation sites is 1. The number of carboxylic acid groups (broad SMARTS) is 1. The Hall–Kier alpha value is -3.03. The van der Waals surface area contributed by atoms with E-state index >= 15 is 0 Å². The predicted molar refractivity (Wildman–Crippen MR) is 107 cm³/mol. The minimum absolute atomic E-state index is 0.00684. The molecule has 0 saturated carbocycles. The van der Waals surface area contributed by atoms with Gasteiger partial charge in [-0.05, 0) is 24.0 Å². The highest BCUT2D eigenvalue weighted by molar-refractivity contribution is 5.90. The third-order valence-corrected chi connectivity index (χ3v) is 4.60. The molecule has 28 heavy (non-hydrogen) atoms. The molecule has 0 aliphatic carbocycles. The summed E-state index contributed by atoms with van der Waals surface area (Å²) in [5, 5.41) is 17.5. The molecule has 8 nitrogen and oxygen atoms in total. The van der Waals surface area contributed by atoms with Crippen molar-refractivity contribution in [1.82, 2.24) is 20.9 Å². The van der Waals surface area contributed by atoms with Gasteiger partial charge < -0.3 is 26.0 Å². The van der Waals surface area contributed by atoms with E-state index in [-0.39, 0.29) is 24.3 Å². The first-order valence-corrected chi connectivity index (χ1v) is 9.35. The number of amides is 3. The lowest BCUT2D eigenvalue weighted by Crippen LogP contribution is -2.50. The van der Waals surface area contributed by atoms with Crippen molar-refractivity contribution in [3.05, 3.63) is 36.0 Å². The van der Waals surface area contributed by atoms with E-state index in [1.54, 1.807) is 0 Å². The summed E-state index contributed by atoms with van der Waals surface area (Å²) < 4.78 is 0. The van der Waals surface area contributed by atoms with Gasteiger partial charge in [0.05, 0.1) is 5.92 Å². The lowest BCUT2D eigenvalue weighted by atomic mass is 9.95. The largest absolute Gasteiger partial charge is 0.465 e. The van der Waals surface area contributed by atoms with Crippen LogP contribution in [0.4, 0.5) is 4.79 Å². The normalized spacial score (nSPS) is 13.1. The molecule has 0 radical (unpaired) electrons. The number of carbonyl (C=O) groups excluding carboxylic acids is 2. The third-order valence-electron chi connectivity index (χ3n) is 4.60. The zero-order valence-corrected chi connectivity index (χ0v) is 16.4. The van der Waals surface area contributed by atoms with E-state index in [0.717, 1.165) is 16.5 Å². The SMILES string of the molecule is CNC(=O)[C@@H](Cc1c[nH]c2ccccc12)NC(=O)C(CNC(=O)O)CC(C)C. The van der Waals surface area contributed by atoms with Crippen LogP contribution in [0.5, 0.6) is 0 Å². The summed E-state index contributed by atoms with van der Waals surface area (Å²) in [7, 11) is 1.52. The molecule has 0 saturated heterocycles. The van der Waals surface area contributed by atoms with Crippen molar-refractivity contribution in [2.75, 3.05) is 13.6 Å². The zero-order chi connectivity index (χ0) is 20.7. The second-order valence-electron chi connectivity index (χ2n) is 7.25. The van der Waals surface area contributed by atoms with Gasteiger partial charge in [-0.2, -0.15) is 0 Å². The Labute approximate surface area is 164 Å². The second kappa shape index (κ2) is 9.77. The molecular formula is C20H28N4O4. The molecule has 152 valence electrons. The number of nitrogens with one attached hydrogen (secondary N) is 4. The van der Waals surface area contributed by atoms with E-state index in [4.69, 9.17) is 5.11 Å². The van der Waals surface area contributed by atoms with Crippen LogP contribution in [0, 0.1) is 11.8 Å². The Bertz CT molecular complexity index is 830. The van der Waals surface area contributed by atoms with Gasteiger partial charge in [0.1, 0.15) is 6.04 Å². The third kappa shape index (κ3) is 5.73. The highest BCUT2D eigenvalue weighted by Crippen LogP contribution is 2.19. The van der Waals surface area contributed by atoms with Gasteiger partial charge in [0.2, 0.25) is 11.8 Å². The molecule has 0 aliphatic heterocycles. The van der Waals surface area contributed by atoms with Crippen LogP contribution in [0.3, 0.4) is 0 Å². The van der Waals surface area contributed by atoms with Crippen molar-refractivity contribution in [3.63, 3.8) is 0 Å². The van der Waals surface area contributed by atoms with Crippen molar-refractivity contribution in [1.29, 1.82) is 0 Å². The summed E-state index contributed by atoms with van der Waals surface area (Å²) in [6.07, 6.45) is 1.50. The molecule has 0 bridgehead atoms. The average Bonchev–Trinajstić information content (AvgIpc) is 3.06. The molecule has 2 aromatic rings. The van der Waals surface area contributed by atoms with Gasteiger partial charge in [0.15, 0.2) is 0 Å². The van der Waals surface area contributed by atoms with Crippen LogP contribution in [0.1, 0.15) is 25.8 Å². The van der Waals surface area contributed by atoms with E-state index in [2.05, 4.69) is 20.9 Å². The van der Waals surface area contributed by atoms with Crippen molar-refractivity contribution < 1.29 is 19.5 Å². The van der Waals surface area contributed by atoms with Crippen LogP contribution in [0.25, 0.3) is 10.9 Å². The molecule has 1 unspecified atom stereocenters. The molecule has 8 heteroatoms. The molecule has 2 atom stereocenters. The van der Waals surface area contributed by atoms with Crippen LogP contribution in [-0.4, -0.2) is 47.6 Å². The predicted octanol–water partition coefficient (Wildman–Crippen LogP) is 1.87. The first-order valence-electron chi connectivity index (χ1n) is 9.35. The molecule has 1 aromatic heterocycles. The molecular weight excluding hydrogens is 360 g/mol. The Kier molecular flexibility index (Phi) is 7.43. The molecule has 1 heterocycles. The fourth-order valence-electron chi connectivity index (χ4n) is 3.26. The monoisotopic (exact) mass is 388 g/mol. The number of carbonyl (C=O) groups is 3. The number of fused-ring (bicyclic) bond motifs is 1. The number of likely N-dealkylation sites (N-methyl/N-ethyl adjacent to an activating group) is 1. The van der Waals surface area contributed by atoms with Crippen molar-refractivity contribution in [2.24, 2.45) is 11.8 Å². The minimum Gasteiger partial charge on any atom is -0.465 e. The minimum atomic E-state index is -1.18. The van der Waals surface area contributed by atoms with E-state index in [9.17, 15) is 14.4 Å². The number of hydrogen-bond acceptors (Lipinski definition) is 3. The highest BCUT2D eigenvalue weighted by atomic mass is 16.4. The van der Waals surface area contributed by atoms with Crippen LogP contribution < -0.4 is 16.0 Å². The molecule has 0 fully saturated rings. The van der Waals surface area contributed by atoms with Crippen LogP contribution in [-0.2, 0) is 16.0 Å². The number of aromatic amines is 1. The maximum Gasteiger partial charge on any atom is 0.404 e. The molecule has 0 aliphatic rings. The van der Waals surface area contributed by atoms with Crippen LogP contribution in [0.15, 0.2) is 30.5 Å². The zero-order valence-electron chi connectivity index (χ0n) is 16.4. The summed E-state index contributed by atoms with van der Waals surface area (Å²) in [6.45, 7) is 3.93. The Morgan fingerprint density at radius 1 is 1.14 bits per heavy atom. The van der Waals surface area contributed by atoms with Crippen molar-refractivity contribution in [2.45, 2.75) is 32.7 Å². The lowest BCUT2D eigenvalue weighted by Gasteiger charge is -2.23. The van der Waals surface area contributed by atoms with E-state index in [1.165, 1.54) is 7.05 Å². The highest BCUT2D eigenvalue weighted by Gasteiger charge is 2.27. The molecule has 2 rings (SSSR count). The number of benzene rings is 1. The van der Waals surface area contributed by atoms with Gasteiger partial charge in [0, 0.05) is 37.1 Å². The van der Waals surface area contributed by atoms with Crippen LogP contribution >= 0.6 is 0 Å². The van der Waals surface area contributed by atoms with Gasteiger partial charge >= 0.3 is 6.09 Å². The van der Waals surface area contributed by atoms with E-state index < -0.39 is 18.1 Å². The summed E-state index contributed by atoms with van der Waals surface area (Å²) in [5.41, 5.74) is 1.89.